The minimum absolute atomic E-state index is 0.0333. The molecule has 1 unspecified atom stereocenters. The van der Waals surface area contributed by atoms with Gasteiger partial charge in [0.25, 0.3) is 0 Å². The van der Waals surface area contributed by atoms with Crippen LogP contribution in [0.2, 0.25) is 0 Å². The van der Waals surface area contributed by atoms with E-state index in [1.807, 2.05) is 13.0 Å². The summed E-state index contributed by atoms with van der Waals surface area (Å²) in [6, 6.07) is 3.55. The normalized spacial score (nSPS) is 11.9. The lowest BCUT2D eigenvalue weighted by molar-refractivity contribution is -0.182. The molecule has 5 heteroatoms. The van der Waals surface area contributed by atoms with Gasteiger partial charge < -0.3 is 13.9 Å². The minimum atomic E-state index is -0.874. The standard InChI is InChI=1S/C12H16O5/c1-4-10-5-6-11(17-10)7-12(14)16-9(3)15-8(2)13/h5-6,9H,4,7H2,1-3H3. The second-order valence-electron chi connectivity index (χ2n) is 3.57. The number of carbonyl (C=O) groups is 2. The van der Waals surface area contributed by atoms with Crippen LogP contribution in [0.4, 0.5) is 0 Å². The number of ether oxygens (including phenoxy) is 2. The van der Waals surface area contributed by atoms with Gasteiger partial charge >= 0.3 is 11.9 Å². The van der Waals surface area contributed by atoms with Crippen LogP contribution in [0.25, 0.3) is 0 Å². The number of hydrogen-bond acceptors (Lipinski definition) is 5. The van der Waals surface area contributed by atoms with Crippen LogP contribution < -0.4 is 0 Å². The number of rotatable bonds is 5. The van der Waals surface area contributed by atoms with Crippen LogP contribution in [0, 0.1) is 0 Å². The van der Waals surface area contributed by atoms with Crippen molar-refractivity contribution in [3.63, 3.8) is 0 Å². The molecule has 0 fully saturated rings. The van der Waals surface area contributed by atoms with Crippen LogP contribution in [0.3, 0.4) is 0 Å². The lowest BCUT2D eigenvalue weighted by Gasteiger charge is -2.11. The van der Waals surface area contributed by atoms with E-state index in [0.29, 0.717) is 5.76 Å². The third-order valence-electron chi connectivity index (χ3n) is 2.01. The van der Waals surface area contributed by atoms with Crippen molar-refractivity contribution in [3.8, 4) is 0 Å². The predicted octanol–water partition coefficient (Wildman–Crippen LogP) is 1.84. The average Bonchev–Trinajstić information content (AvgIpc) is 2.63. The highest BCUT2D eigenvalue weighted by molar-refractivity contribution is 5.72. The molecule has 0 saturated heterocycles. The highest BCUT2D eigenvalue weighted by Crippen LogP contribution is 2.10. The number of hydrogen-bond donors (Lipinski definition) is 0. The first-order valence-corrected chi connectivity index (χ1v) is 5.45. The van der Waals surface area contributed by atoms with Crippen molar-refractivity contribution < 1.29 is 23.5 Å². The largest absolute Gasteiger partial charge is 0.465 e. The van der Waals surface area contributed by atoms with E-state index in [-0.39, 0.29) is 6.42 Å². The van der Waals surface area contributed by atoms with Gasteiger partial charge in [0, 0.05) is 20.3 Å². The van der Waals surface area contributed by atoms with Gasteiger partial charge in [0.15, 0.2) is 0 Å². The SMILES string of the molecule is CCc1ccc(CC(=O)OC(C)OC(C)=O)o1. The zero-order valence-electron chi connectivity index (χ0n) is 10.2. The van der Waals surface area contributed by atoms with E-state index in [0.717, 1.165) is 12.2 Å². The maximum atomic E-state index is 11.4. The van der Waals surface area contributed by atoms with E-state index in [1.165, 1.54) is 13.8 Å². The summed E-state index contributed by atoms with van der Waals surface area (Å²) in [5.74, 6) is 0.384. The summed E-state index contributed by atoms with van der Waals surface area (Å²) in [5, 5.41) is 0. The molecular weight excluding hydrogens is 224 g/mol. The number of furan rings is 1. The molecule has 1 rings (SSSR count). The van der Waals surface area contributed by atoms with Crippen LogP contribution in [0.1, 0.15) is 32.3 Å². The van der Waals surface area contributed by atoms with E-state index in [9.17, 15) is 9.59 Å². The molecule has 0 aliphatic rings. The summed E-state index contributed by atoms with van der Waals surface area (Å²) in [4.78, 5) is 22.0. The number of esters is 2. The molecular formula is C12H16O5. The summed E-state index contributed by atoms with van der Waals surface area (Å²) in [6.45, 7) is 4.70. The monoisotopic (exact) mass is 240 g/mol. The second-order valence-corrected chi connectivity index (χ2v) is 3.57. The lowest BCUT2D eigenvalue weighted by Crippen LogP contribution is -2.21. The lowest BCUT2D eigenvalue weighted by atomic mass is 10.3. The third-order valence-corrected chi connectivity index (χ3v) is 2.01. The van der Waals surface area contributed by atoms with Crippen molar-refractivity contribution in [2.75, 3.05) is 0 Å². The second kappa shape index (κ2) is 6.08. The van der Waals surface area contributed by atoms with Crippen LogP contribution >= 0.6 is 0 Å². The first-order valence-electron chi connectivity index (χ1n) is 5.45. The summed E-state index contributed by atoms with van der Waals surface area (Å²) in [6.07, 6.45) is -0.0644. The molecule has 94 valence electrons. The molecule has 0 radical (unpaired) electrons. The van der Waals surface area contributed by atoms with Gasteiger partial charge in [-0.2, -0.15) is 0 Å². The molecule has 1 atom stereocenters. The van der Waals surface area contributed by atoms with Crippen molar-refractivity contribution in [2.45, 2.75) is 39.9 Å². The topological polar surface area (TPSA) is 65.7 Å². The van der Waals surface area contributed by atoms with Crippen LogP contribution in [0.5, 0.6) is 0 Å². The Morgan fingerprint density at radius 1 is 1.29 bits per heavy atom. The molecule has 0 saturated carbocycles. The van der Waals surface area contributed by atoms with Gasteiger partial charge in [-0.1, -0.05) is 6.92 Å². The van der Waals surface area contributed by atoms with Crippen molar-refractivity contribution >= 4 is 11.9 Å². The Balaban J connectivity index is 2.41. The quantitative estimate of drug-likeness (QED) is 0.580. The molecule has 0 aliphatic heterocycles. The molecule has 0 bridgehead atoms. The number of carbonyl (C=O) groups excluding carboxylic acids is 2. The van der Waals surface area contributed by atoms with E-state index in [2.05, 4.69) is 4.74 Å². The molecule has 1 aromatic rings. The maximum absolute atomic E-state index is 11.4. The Morgan fingerprint density at radius 2 is 1.94 bits per heavy atom. The zero-order chi connectivity index (χ0) is 12.8. The van der Waals surface area contributed by atoms with E-state index in [1.54, 1.807) is 6.07 Å². The van der Waals surface area contributed by atoms with Gasteiger partial charge in [-0.05, 0) is 12.1 Å². The van der Waals surface area contributed by atoms with Crippen LogP contribution in [0.15, 0.2) is 16.5 Å². The van der Waals surface area contributed by atoms with Gasteiger partial charge in [-0.25, -0.2) is 0 Å². The molecule has 5 nitrogen and oxygen atoms in total. The van der Waals surface area contributed by atoms with Crippen molar-refractivity contribution in [1.82, 2.24) is 0 Å². The predicted molar refractivity (Wildman–Crippen MR) is 59.1 cm³/mol. The first kappa shape index (κ1) is 13.3. The molecule has 0 N–H and O–H groups in total. The van der Waals surface area contributed by atoms with Crippen molar-refractivity contribution in [3.05, 3.63) is 23.7 Å². The summed E-state index contributed by atoms with van der Waals surface area (Å²) in [7, 11) is 0. The maximum Gasteiger partial charge on any atom is 0.316 e. The summed E-state index contributed by atoms with van der Waals surface area (Å²) in [5.41, 5.74) is 0. The van der Waals surface area contributed by atoms with Crippen LogP contribution in [-0.4, -0.2) is 18.2 Å². The Morgan fingerprint density at radius 3 is 2.47 bits per heavy atom. The highest BCUT2D eigenvalue weighted by atomic mass is 16.7. The molecule has 1 aromatic heterocycles. The molecule has 0 aliphatic carbocycles. The van der Waals surface area contributed by atoms with E-state index in [4.69, 9.17) is 9.15 Å². The number of aryl methyl sites for hydroxylation is 1. The van der Waals surface area contributed by atoms with Gasteiger partial charge in [-0.15, -0.1) is 0 Å². The fraction of sp³-hybridized carbons (Fsp3) is 0.500. The van der Waals surface area contributed by atoms with E-state index >= 15 is 0 Å². The zero-order valence-corrected chi connectivity index (χ0v) is 10.2. The van der Waals surface area contributed by atoms with Gasteiger partial charge in [-0.3, -0.25) is 9.59 Å². The fourth-order valence-electron chi connectivity index (χ4n) is 1.33. The Bertz CT molecular complexity index is 393. The fourth-order valence-corrected chi connectivity index (χ4v) is 1.33. The van der Waals surface area contributed by atoms with Crippen LogP contribution in [-0.2, 0) is 31.9 Å². The molecule has 0 aromatic carbocycles. The third kappa shape index (κ3) is 4.72. The first-order chi connectivity index (χ1) is 8.01. The minimum Gasteiger partial charge on any atom is -0.465 e. The van der Waals surface area contributed by atoms with Crippen molar-refractivity contribution in [2.24, 2.45) is 0 Å². The Hall–Kier alpha value is -1.78. The Labute approximate surface area is 99.7 Å². The van der Waals surface area contributed by atoms with Crippen molar-refractivity contribution in [1.29, 1.82) is 0 Å². The average molecular weight is 240 g/mol. The van der Waals surface area contributed by atoms with Gasteiger partial charge in [0.05, 0.1) is 0 Å². The highest BCUT2D eigenvalue weighted by Gasteiger charge is 2.14. The smallest absolute Gasteiger partial charge is 0.316 e. The van der Waals surface area contributed by atoms with Gasteiger partial charge in [0.2, 0.25) is 6.29 Å². The molecule has 1 heterocycles. The molecule has 17 heavy (non-hydrogen) atoms. The molecule has 0 amide bonds. The Kier molecular flexibility index (Phi) is 4.75. The molecule has 0 spiro atoms. The summed E-state index contributed by atoms with van der Waals surface area (Å²) >= 11 is 0. The summed E-state index contributed by atoms with van der Waals surface area (Å²) < 4.78 is 14.9. The van der Waals surface area contributed by atoms with E-state index < -0.39 is 18.2 Å². The van der Waals surface area contributed by atoms with Gasteiger partial charge in [0.1, 0.15) is 17.9 Å².